The van der Waals surface area contributed by atoms with E-state index >= 15 is 0 Å². The summed E-state index contributed by atoms with van der Waals surface area (Å²) in [7, 11) is 0. The molecule has 1 aliphatic heterocycles. The highest BCUT2D eigenvalue weighted by molar-refractivity contribution is 5.92. The zero-order chi connectivity index (χ0) is 15.1. The highest BCUT2D eigenvalue weighted by atomic mass is 16.4. The van der Waals surface area contributed by atoms with Crippen LogP contribution < -0.4 is 5.32 Å². The molecule has 1 unspecified atom stereocenters. The zero-order valence-corrected chi connectivity index (χ0v) is 12.0. The Balaban J connectivity index is 1.78. The van der Waals surface area contributed by atoms with E-state index in [0.29, 0.717) is 12.4 Å². The standard InChI is InChI=1S/C14H22N4O3/c19-9-11-4-1-2-6-18(11)7-3-5-16-13-12(14(20)21)8-15-10-17-13/h8,10-11,19H,1-7,9H2,(H,20,21)(H,15,16,17). The van der Waals surface area contributed by atoms with Crippen LogP contribution in [-0.2, 0) is 0 Å². The molecule has 0 aromatic carbocycles. The predicted octanol–water partition coefficient (Wildman–Crippen LogP) is 0.824. The van der Waals surface area contributed by atoms with Crippen molar-refractivity contribution in [3.05, 3.63) is 18.1 Å². The van der Waals surface area contributed by atoms with Crippen molar-refractivity contribution < 1.29 is 15.0 Å². The van der Waals surface area contributed by atoms with E-state index in [1.54, 1.807) is 0 Å². The molecule has 1 aromatic rings. The molecule has 116 valence electrons. The Kier molecular flexibility index (Phi) is 5.89. The first-order valence-electron chi connectivity index (χ1n) is 7.34. The van der Waals surface area contributed by atoms with Crippen molar-refractivity contribution in [1.82, 2.24) is 14.9 Å². The van der Waals surface area contributed by atoms with Gasteiger partial charge in [-0.1, -0.05) is 6.42 Å². The molecule has 0 spiro atoms. The molecule has 2 heterocycles. The molecule has 7 nitrogen and oxygen atoms in total. The first-order chi connectivity index (χ1) is 10.2. The average molecular weight is 294 g/mol. The number of carboxylic acids is 1. The third-order valence-corrected chi connectivity index (χ3v) is 3.82. The van der Waals surface area contributed by atoms with E-state index in [-0.39, 0.29) is 18.2 Å². The van der Waals surface area contributed by atoms with Crippen LogP contribution in [-0.4, -0.2) is 63.3 Å². The van der Waals surface area contributed by atoms with Gasteiger partial charge in [-0.25, -0.2) is 14.8 Å². The summed E-state index contributed by atoms with van der Waals surface area (Å²) in [5.41, 5.74) is 0.0868. The largest absolute Gasteiger partial charge is 0.477 e. The minimum Gasteiger partial charge on any atom is -0.477 e. The number of anilines is 1. The van der Waals surface area contributed by atoms with Crippen molar-refractivity contribution in [2.24, 2.45) is 0 Å². The molecule has 0 saturated carbocycles. The summed E-state index contributed by atoms with van der Waals surface area (Å²) < 4.78 is 0. The summed E-state index contributed by atoms with van der Waals surface area (Å²) in [4.78, 5) is 21.0. The number of carbonyl (C=O) groups is 1. The molecule has 0 radical (unpaired) electrons. The van der Waals surface area contributed by atoms with E-state index in [1.807, 2.05) is 0 Å². The molecule has 1 atom stereocenters. The average Bonchev–Trinajstić information content (AvgIpc) is 2.52. The Morgan fingerprint density at radius 3 is 3.10 bits per heavy atom. The Labute approximate surface area is 124 Å². The van der Waals surface area contributed by atoms with Gasteiger partial charge in [0.1, 0.15) is 17.7 Å². The van der Waals surface area contributed by atoms with Gasteiger partial charge in [-0.15, -0.1) is 0 Å². The van der Waals surface area contributed by atoms with E-state index in [0.717, 1.165) is 25.9 Å². The van der Waals surface area contributed by atoms with Crippen LogP contribution in [0, 0.1) is 0 Å². The third kappa shape index (κ3) is 4.37. The van der Waals surface area contributed by atoms with Gasteiger partial charge in [0.05, 0.1) is 6.61 Å². The van der Waals surface area contributed by atoms with Gasteiger partial charge in [0, 0.05) is 25.3 Å². The van der Waals surface area contributed by atoms with Crippen molar-refractivity contribution >= 4 is 11.8 Å². The fraction of sp³-hybridized carbons (Fsp3) is 0.643. The van der Waals surface area contributed by atoms with Crippen LogP contribution >= 0.6 is 0 Å². The van der Waals surface area contributed by atoms with Gasteiger partial charge in [0.25, 0.3) is 0 Å². The van der Waals surface area contributed by atoms with Gasteiger partial charge < -0.3 is 15.5 Å². The van der Waals surface area contributed by atoms with Crippen LogP contribution in [0.4, 0.5) is 5.82 Å². The lowest BCUT2D eigenvalue weighted by atomic mass is 10.0. The topological polar surface area (TPSA) is 98.6 Å². The molecule has 21 heavy (non-hydrogen) atoms. The summed E-state index contributed by atoms with van der Waals surface area (Å²) in [5, 5.41) is 21.4. The number of nitrogens with one attached hydrogen (secondary N) is 1. The molecular weight excluding hydrogens is 272 g/mol. The number of hydrogen-bond donors (Lipinski definition) is 3. The Morgan fingerprint density at radius 2 is 2.33 bits per heavy atom. The lowest BCUT2D eigenvalue weighted by Gasteiger charge is -2.34. The molecule has 0 bridgehead atoms. The molecule has 0 amide bonds. The van der Waals surface area contributed by atoms with Gasteiger partial charge in [-0.05, 0) is 25.8 Å². The summed E-state index contributed by atoms with van der Waals surface area (Å²) in [6.45, 7) is 2.78. The first kappa shape index (κ1) is 15.7. The molecule has 7 heteroatoms. The molecule has 2 rings (SSSR count). The highest BCUT2D eigenvalue weighted by Gasteiger charge is 2.20. The minimum absolute atomic E-state index is 0.0868. The van der Waals surface area contributed by atoms with E-state index in [1.165, 1.54) is 25.4 Å². The highest BCUT2D eigenvalue weighted by Crippen LogP contribution is 2.16. The number of aliphatic hydroxyl groups excluding tert-OH is 1. The molecule has 1 fully saturated rings. The summed E-state index contributed by atoms with van der Waals surface area (Å²) in [5.74, 6) is -0.677. The Morgan fingerprint density at radius 1 is 1.48 bits per heavy atom. The predicted molar refractivity (Wildman–Crippen MR) is 78.4 cm³/mol. The van der Waals surface area contributed by atoms with Gasteiger partial charge >= 0.3 is 5.97 Å². The fourth-order valence-electron chi connectivity index (χ4n) is 2.68. The summed E-state index contributed by atoms with van der Waals surface area (Å²) in [6, 6.07) is 0.271. The lowest BCUT2D eigenvalue weighted by Crippen LogP contribution is -2.42. The summed E-state index contributed by atoms with van der Waals surface area (Å²) in [6.07, 6.45) is 6.92. The Bertz CT molecular complexity index is 469. The Hall–Kier alpha value is -1.73. The first-order valence-corrected chi connectivity index (χ1v) is 7.34. The second kappa shape index (κ2) is 7.90. The van der Waals surface area contributed by atoms with Crippen molar-refractivity contribution in [2.75, 3.05) is 31.6 Å². The maximum Gasteiger partial charge on any atom is 0.341 e. The molecule has 1 aliphatic rings. The molecule has 0 aliphatic carbocycles. The number of aliphatic hydroxyl groups is 1. The number of hydrogen-bond acceptors (Lipinski definition) is 6. The van der Waals surface area contributed by atoms with Gasteiger partial charge in [-0.3, -0.25) is 4.90 Å². The second-order valence-electron chi connectivity index (χ2n) is 5.24. The van der Waals surface area contributed by atoms with Crippen LogP contribution in [0.5, 0.6) is 0 Å². The van der Waals surface area contributed by atoms with E-state index < -0.39 is 5.97 Å². The van der Waals surface area contributed by atoms with Crippen LogP contribution in [0.15, 0.2) is 12.5 Å². The van der Waals surface area contributed by atoms with Crippen molar-refractivity contribution in [1.29, 1.82) is 0 Å². The maximum absolute atomic E-state index is 11.0. The maximum atomic E-state index is 11.0. The quantitative estimate of drug-likeness (QED) is 0.640. The minimum atomic E-state index is -1.03. The number of aromatic nitrogens is 2. The van der Waals surface area contributed by atoms with Gasteiger partial charge in [0.2, 0.25) is 0 Å². The molecule has 3 N–H and O–H groups in total. The number of aromatic carboxylic acids is 1. The van der Waals surface area contributed by atoms with E-state index in [2.05, 4.69) is 20.2 Å². The normalized spacial score (nSPS) is 19.4. The van der Waals surface area contributed by atoms with Crippen LogP contribution in [0.1, 0.15) is 36.0 Å². The van der Waals surface area contributed by atoms with Crippen LogP contribution in [0.2, 0.25) is 0 Å². The second-order valence-corrected chi connectivity index (χ2v) is 5.24. The number of carboxylic acid groups (broad SMARTS) is 1. The number of piperidine rings is 1. The molecule has 1 saturated heterocycles. The number of rotatable bonds is 7. The number of nitrogens with zero attached hydrogens (tertiary/aromatic N) is 3. The van der Waals surface area contributed by atoms with Gasteiger partial charge in [0.15, 0.2) is 0 Å². The monoisotopic (exact) mass is 294 g/mol. The SMILES string of the molecule is O=C(O)c1cncnc1NCCCN1CCCCC1CO. The van der Waals surface area contributed by atoms with Crippen molar-refractivity contribution in [3.8, 4) is 0 Å². The van der Waals surface area contributed by atoms with E-state index in [4.69, 9.17) is 5.11 Å². The fourth-order valence-corrected chi connectivity index (χ4v) is 2.68. The van der Waals surface area contributed by atoms with Crippen LogP contribution in [0.3, 0.4) is 0 Å². The van der Waals surface area contributed by atoms with Crippen molar-refractivity contribution in [2.45, 2.75) is 31.7 Å². The molecular formula is C14H22N4O3. The zero-order valence-electron chi connectivity index (χ0n) is 12.0. The van der Waals surface area contributed by atoms with Crippen LogP contribution in [0.25, 0.3) is 0 Å². The van der Waals surface area contributed by atoms with Crippen molar-refractivity contribution in [3.63, 3.8) is 0 Å². The number of likely N-dealkylation sites (tertiary alicyclic amines) is 1. The third-order valence-electron chi connectivity index (χ3n) is 3.82. The smallest absolute Gasteiger partial charge is 0.341 e. The molecule has 1 aromatic heterocycles. The lowest BCUT2D eigenvalue weighted by molar-refractivity contribution is 0.0697. The van der Waals surface area contributed by atoms with E-state index in [9.17, 15) is 9.90 Å². The van der Waals surface area contributed by atoms with Gasteiger partial charge in [-0.2, -0.15) is 0 Å². The summed E-state index contributed by atoms with van der Waals surface area (Å²) >= 11 is 0.